The van der Waals surface area contributed by atoms with Crippen molar-refractivity contribution >= 4 is 22.8 Å². The number of benzene rings is 1. The Labute approximate surface area is 160 Å². The Morgan fingerprint density at radius 1 is 1.11 bits per heavy atom. The van der Waals surface area contributed by atoms with Gasteiger partial charge >= 0.3 is 0 Å². The van der Waals surface area contributed by atoms with E-state index in [4.69, 9.17) is 4.98 Å². The largest absolute Gasteiger partial charge is 0.372 e. The van der Waals surface area contributed by atoms with Crippen LogP contribution in [-0.2, 0) is 6.54 Å². The van der Waals surface area contributed by atoms with Crippen molar-refractivity contribution in [2.75, 3.05) is 30.8 Å². The molecule has 3 heterocycles. The SMILES string of the molecule is CNc1nc(NC2CCN(Cc3ccccc3)C2)nc2nc(C)cc(C)c12. The number of aromatic nitrogens is 3. The molecular formula is C21H26N6. The molecule has 2 aromatic heterocycles. The van der Waals surface area contributed by atoms with Gasteiger partial charge in [0.1, 0.15) is 5.82 Å². The predicted molar refractivity (Wildman–Crippen MR) is 110 cm³/mol. The van der Waals surface area contributed by atoms with E-state index in [2.05, 4.69) is 68.8 Å². The van der Waals surface area contributed by atoms with Crippen molar-refractivity contribution in [3.8, 4) is 0 Å². The lowest BCUT2D eigenvalue weighted by Crippen LogP contribution is -2.26. The highest BCUT2D eigenvalue weighted by Gasteiger charge is 2.23. The number of likely N-dealkylation sites (tertiary alicyclic amines) is 1. The number of fused-ring (bicyclic) bond motifs is 1. The van der Waals surface area contributed by atoms with Gasteiger partial charge in [0.15, 0.2) is 5.65 Å². The van der Waals surface area contributed by atoms with Crippen LogP contribution in [0.4, 0.5) is 11.8 Å². The number of pyridine rings is 1. The molecule has 27 heavy (non-hydrogen) atoms. The van der Waals surface area contributed by atoms with E-state index in [0.717, 1.165) is 54.2 Å². The van der Waals surface area contributed by atoms with E-state index in [-0.39, 0.29) is 0 Å². The first-order valence-corrected chi connectivity index (χ1v) is 9.49. The molecule has 1 aliphatic heterocycles. The number of rotatable bonds is 5. The predicted octanol–water partition coefficient (Wildman–Crippen LogP) is 3.37. The van der Waals surface area contributed by atoms with Gasteiger partial charge in [-0.05, 0) is 37.5 Å². The average molecular weight is 362 g/mol. The fourth-order valence-electron chi connectivity index (χ4n) is 3.84. The van der Waals surface area contributed by atoms with E-state index >= 15 is 0 Å². The highest BCUT2D eigenvalue weighted by atomic mass is 15.2. The highest BCUT2D eigenvalue weighted by molar-refractivity contribution is 5.90. The van der Waals surface area contributed by atoms with Crippen molar-refractivity contribution < 1.29 is 0 Å². The van der Waals surface area contributed by atoms with Gasteiger partial charge < -0.3 is 10.6 Å². The molecule has 1 aromatic carbocycles. The van der Waals surface area contributed by atoms with Gasteiger partial charge in [0.25, 0.3) is 0 Å². The summed E-state index contributed by atoms with van der Waals surface area (Å²) in [6.07, 6.45) is 1.09. The first kappa shape index (κ1) is 17.7. The molecule has 0 saturated carbocycles. The summed E-state index contributed by atoms with van der Waals surface area (Å²) in [6, 6.07) is 13.0. The van der Waals surface area contributed by atoms with Gasteiger partial charge in [0.05, 0.1) is 5.39 Å². The Hall–Kier alpha value is -2.73. The summed E-state index contributed by atoms with van der Waals surface area (Å²) in [6.45, 7) is 7.13. The molecule has 6 heteroatoms. The molecule has 1 unspecified atom stereocenters. The third kappa shape index (κ3) is 3.85. The van der Waals surface area contributed by atoms with Gasteiger partial charge in [-0.3, -0.25) is 4.90 Å². The van der Waals surface area contributed by atoms with Crippen molar-refractivity contribution in [2.24, 2.45) is 0 Å². The summed E-state index contributed by atoms with van der Waals surface area (Å²) in [4.78, 5) is 16.5. The molecule has 1 atom stereocenters. The monoisotopic (exact) mass is 362 g/mol. The van der Waals surface area contributed by atoms with Crippen molar-refractivity contribution in [3.63, 3.8) is 0 Å². The quantitative estimate of drug-likeness (QED) is 0.725. The maximum atomic E-state index is 4.69. The van der Waals surface area contributed by atoms with Gasteiger partial charge in [0, 0.05) is 38.4 Å². The van der Waals surface area contributed by atoms with E-state index < -0.39 is 0 Å². The minimum absolute atomic E-state index is 0.349. The maximum Gasteiger partial charge on any atom is 0.226 e. The number of aryl methyl sites for hydroxylation is 2. The fraction of sp³-hybridized carbons (Fsp3) is 0.381. The molecule has 1 saturated heterocycles. The lowest BCUT2D eigenvalue weighted by Gasteiger charge is -2.17. The third-order valence-electron chi connectivity index (χ3n) is 5.08. The molecular weight excluding hydrogens is 336 g/mol. The Kier molecular flexibility index (Phi) is 4.90. The van der Waals surface area contributed by atoms with Gasteiger partial charge in [-0.1, -0.05) is 30.3 Å². The number of hydrogen-bond acceptors (Lipinski definition) is 6. The molecule has 0 spiro atoms. The normalized spacial score (nSPS) is 17.4. The molecule has 0 amide bonds. The standard InChI is InChI=1S/C21H26N6/c1-14-11-15(2)23-20-18(14)19(22-3)25-21(26-20)24-17-9-10-27(13-17)12-16-7-5-4-6-8-16/h4-8,11,17H,9-10,12-13H2,1-3H3,(H2,22,23,24,25,26). The zero-order valence-electron chi connectivity index (χ0n) is 16.2. The Morgan fingerprint density at radius 3 is 2.70 bits per heavy atom. The smallest absolute Gasteiger partial charge is 0.226 e. The molecule has 1 fully saturated rings. The van der Waals surface area contributed by atoms with Crippen LogP contribution in [0.3, 0.4) is 0 Å². The molecule has 1 aliphatic rings. The summed E-state index contributed by atoms with van der Waals surface area (Å²) >= 11 is 0. The number of hydrogen-bond donors (Lipinski definition) is 2. The van der Waals surface area contributed by atoms with Crippen LogP contribution in [0.15, 0.2) is 36.4 Å². The van der Waals surface area contributed by atoms with Crippen LogP contribution in [0.5, 0.6) is 0 Å². The second kappa shape index (κ2) is 7.48. The van der Waals surface area contributed by atoms with Gasteiger partial charge in [-0.2, -0.15) is 9.97 Å². The molecule has 6 nitrogen and oxygen atoms in total. The first-order valence-electron chi connectivity index (χ1n) is 9.49. The molecule has 0 bridgehead atoms. The topological polar surface area (TPSA) is 66.0 Å². The van der Waals surface area contributed by atoms with Crippen LogP contribution < -0.4 is 10.6 Å². The Balaban J connectivity index is 1.50. The molecule has 2 N–H and O–H groups in total. The second-order valence-corrected chi connectivity index (χ2v) is 7.28. The maximum absolute atomic E-state index is 4.69. The van der Waals surface area contributed by atoms with Crippen LogP contribution in [0.25, 0.3) is 11.0 Å². The highest BCUT2D eigenvalue weighted by Crippen LogP contribution is 2.25. The summed E-state index contributed by atoms with van der Waals surface area (Å²) < 4.78 is 0. The molecule has 140 valence electrons. The van der Waals surface area contributed by atoms with Gasteiger partial charge in [-0.15, -0.1) is 0 Å². The van der Waals surface area contributed by atoms with Crippen LogP contribution >= 0.6 is 0 Å². The fourth-order valence-corrected chi connectivity index (χ4v) is 3.84. The van der Waals surface area contributed by atoms with Gasteiger partial charge in [0.2, 0.25) is 5.95 Å². The first-order chi connectivity index (χ1) is 13.1. The van der Waals surface area contributed by atoms with E-state index in [9.17, 15) is 0 Å². The van der Waals surface area contributed by atoms with Crippen molar-refractivity contribution in [3.05, 3.63) is 53.2 Å². The van der Waals surface area contributed by atoms with E-state index in [1.807, 2.05) is 14.0 Å². The van der Waals surface area contributed by atoms with Crippen molar-refractivity contribution in [2.45, 2.75) is 32.9 Å². The third-order valence-corrected chi connectivity index (χ3v) is 5.08. The Morgan fingerprint density at radius 2 is 1.93 bits per heavy atom. The average Bonchev–Trinajstić information content (AvgIpc) is 3.08. The van der Waals surface area contributed by atoms with E-state index in [1.165, 1.54) is 5.56 Å². The minimum atomic E-state index is 0.349. The van der Waals surface area contributed by atoms with Crippen molar-refractivity contribution in [1.82, 2.24) is 19.9 Å². The zero-order valence-corrected chi connectivity index (χ0v) is 16.2. The lowest BCUT2D eigenvalue weighted by molar-refractivity contribution is 0.328. The van der Waals surface area contributed by atoms with Crippen LogP contribution in [0.1, 0.15) is 23.2 Å². The summed E-state index contributed by atoms with van der Waals surface area (Å²) in [5.41, 5.74) is 4.21. The van der Waals surface area contributed by atoms with Crippen molar-refractivity contribution in [1.29, 1.82) is 0 Å². The van der Waals surface area contributed by atoms with Crippen LogP contribution in [0.2, 0.25) is 0 Å². The molecule has 3 aromatic rings. The Bertz CT molecular complexity index is 940. The van der Waals surface area contributed by atoms with Crippen LogP contribution in [0, 0.1) is 13.8 Å². The summed E-state index contributed by atoms with van der Waals surface area (Å²) in [5.74, 6) is 1.47. The number of nitrogens with zero attached hydrogens (tertiary/aromatic N) is 4. The summed E-state index contributed by atoms with van der Waals surface area (Å²) in [5, 5.41) is 7.71. The van der Waals surface area contributed by atoms with E-state index in [1.54, 1.807) is 0 Å². The minimum Gasteiger partial charge on any atom is -0.372 e. The van der Waals surface area contributed by atoms with E-state index in [0.29, 0.717) is 12.0 Å². The van der Waals surface area contributed by atoms with Gasteiger partial charge in [-0.25, -0.2) is 4.98 Å². The van der Waals surface area contributed by atoms with Crippen LogP contribution in [-0.4, -0.2) is 46.0 Å². The zero-order chi connectivity index (χ0) is 18.8. The molecule has 0 radical (unpaired) electrons. The number of nitrogens with one attached hydrogen (secondary N) is 2. The molecule has 4 rings (SSSR count). The second-order valence-electron chi connectivity index (χ2n) is 7.28. The number of anilines is 2. The molecule has 0 aliphatic carbocycles. The summed E-state index contributed by atoms with van der Waals surface area (Å²) in [7, 11) is 1.89. The lowest BCUT2D eigenvalue weighted by atomic mass is 10.1.